The molecule has 4 N–H and O–H groups in total. The van der Waals surface area contributed by atoms with Gasteiger partial charge < -0.3 is 34.6 Å². The zero-order valence-electron chi connectivity index (χ0n) is 24.5. The van der Waals surface area contributed by atoms with Crippen molar-refractivity contribution in [2.75, 3.05) is 25.0 Å². The van der Waals surface area contributed by atoms with E-state index in [4.69, 9.17) is 14.6 Å². The number of aromatic hydroxyl groups is 1. The van der Waals surface area contributed by atoms with Crippen molar-refractivity contribution in [3.05, 3.63) is 100 Å². The van der Waals surface area contributed by atoms with Crippen LogP contribution in [-0.4, -0.2) is 69.3 Å². The summed E-state index contributed by atoms with van der Waals surface area (Å²) in [7, 11) is 1.82. The summed E-state index contributed by atoms with van der Waals surface area (Å²) in [5.41, 5.74) is 2.33. The number of phenolic OH excluding ortho intramolecular Hbond substituents is 1. The first kappa shape index (κ1) is 31.3. The highest BCUT2D eigenvalue weighted by molar-refractivity contribution is 6.09. The van der Waals surface area contributed by atoms with Gasteiger partial charge >= 0.3 is 17.9 Å². The molecule has 1 amide bonds. The van der Waals surface area contributed by atoms with E-state index in [2.05, 4.69) is 0 Å². The molecule has 5 rings (SSSR count). The lowest BCUT2D eigenvalue weighted by molar-refractivity contribution is -0.137. The first-order valence-corrected chi connectivity index (χ1v) is 14.1. The molecule has 0 spiro atoms. The van der Waals surface area contributed by atoms with E-state index in [0.29, 0.717) is 27.8 Å². The molecule has 0 unspecified atom stereocenters. The lowest BCUT2D eigenvalue weighted by Gasteiger charge is -2.23. The van der Waals surface area contributed by atoms with Crippen LogP contribution in [0.1, 0.15) is 33.6 Å². The summed E-state index contributed by atoms with van der Waals surface area (Å²) < 4.78 is 6.15. The van der Waals surface area contributed by atoms with E-state index in [1.807, 2.05) is 18.0 Å². The number of aromatic carboxylic acids is 1. The van der Waals surface area contributed by atoms with E-state index >= 15 is 0 Å². The maximum atomic E-state index is 13.4. The summed E-state index contributed by atoms with van der Waals surface area (Å²) in [5, 5.41) is 38.7. The van der Waals surface area contributed by atoms with Crippen molar-refractivity contribution in [3.8, 4) is 28.2 Å². The number of carboxylic acids is 3. The van der Waals surface area contributed by atoms with Gasteiger partial charge in [-0.3, -0.25) is 19.2 Å². The lowest BCUT2D eigenvalue weighted by Crippen LogP contribution is -2.35. The number of fused-ring (bicyclic) bond motifs is 2. The molecule has 3 aromatic rings. The van der Waals surface area contributed by atoms with Gasteiger partial charge in [0.25, 0.3) is 5.91 Å². The van der Waals surface area contributed by atoms with Gasteiger partial charge in [-0.25, -0.2) is 4.79 Å². The van der Waals surface area contributed by atoms with E-state index < -0.39 is 36.7 Å². The summed E-state index contributed by atoms with van der Waals surface area (Å²) in [6.07, 6.45) is -0.849. The first-order valence-electron chi connectivity index (χ1n) is 14.1. The lowest BCUT2D eigenvalue weighted by atomic mass is 9.89. The minimum atomic E-state index is -1.35. The predicted octanol–water partition coefficient (Wildman–Crippen LogP) is 5.13. The van der Waals surface area contributed by atoms with Crippen molar-refractivity contribution >= 4 is 46.2 Å². The number of hydrogen-bond acceptors (Lipinski definition) is 8. The second-order valence-electron chi connectivity index (χ2n) is 10.5. The van der Waals surface area contributed by atoms with Crippen molar-refractivity contribution in [2.24, 2.45) is 0 Å². The Labute approximate surface area is 261 Å². The third-order valence-electron chi connectivity index (χ3n) is 7.55. The Hall–Kier alpha value is -6.17. The van der Waals surface area contributed by atoms with Crippen LogP contribution in [0.15, 0.2) is 88.1 Å². The highest BCUT2D eigenvalue weighted by Crippen LogP contribution is 2.42. The Morgan fingerprint density at radius 3 is 2.00 bits per heavy atom. The normalized spacial score (nSPS) is 11.0. The molecule has 0 radical (unpaired) electrons. The molecule has 0 saturated carbocycles. The van der Waals surface area contributed by atoms with Crippen LogP contribution in [0.25, 0.3) is 33.4 Å². The van der Waals surface area contributed by atoms with Gasteiger partial charge in [-0.1, -0.05) is 6.07 Å². The quantitative estimate of drug-likeness (QED) is 0.143. The van der Waals surface area contributed by atoms with Gasteiger partial charge in [-0.05, 0) is 66.2 Å². The van der Waals surface area contributed by atoms with Crippen molar-refractivity contribution in [3.63, 3.8) is 0 Å². The smallest absolute Gasteiger partial charge is 0.336 e. The highest BCUT2D eigenvalue weighted by Gasteiger charge is 2.25. The molecule has 0 atom stereocenters. The summed E-state index contributed by atoms with van der Waals surface area (Å²) in [6, 6.07) is 20.1. The number of phenols is 1. The topological polar surface area (TPSA) is 186 Å². The van der Waals surface area contributed by atoms with Crippen LogP contribution in [0.2, 0.25) is 0 Å². The number of rotatable bonds is 11. The fourth-order valence-electron chi connectivity index (χ4n) is 5.21. The highest BCUT2D eigenvalue weighted by atomic mass is 16.4. The summed E-state index contributed by atoms with van der Waals surface area (Å²) in [5.74, 6) is -4.09. The minimum Gasteiger partial charge on any atom is -0.508 e. The molecule has 234 valence electrons. The average Bonchev–Trinajstić information content (AvgIpc) is 3.02. The molecule has 2 aliphatic rings. The van der Waals surface area contributed by atoms with Gasteiger partial charge in [-0.15, -0.1) is 0 Å². The van der Waals surface area contributed by atoms with Gasteiger partial charge in [0, 0.05) is 65.7 Å². The molecular weight excluding hydrogens is 596 g/mol. The number of amides is 1. The number of carbonyl (C=O) groups is 4. The molecule has 0 saturated heterocycles. The van der Waals surface area contributed by atoms with E-state index in [1.54, 1.807) is 36.4 Å². The Bertz CT molecular complexity index is 2000. The summed E-state index contributed by atoms with van der Waals surface area (Å²) >= 11 is 0. The van der Waals surface area contributed by atoms with Crippen LogP contribution in [-0.2, 0) is 9.59 Å². The third-order valence-corrected chi connectivity index (χ3v) is 7.55. The Balaban J connectivity index is 1.65. The van der Waals surface area contributed by atoms with Crippen LogP contribution < -0.4 is 10.3 Å². The fourth-order valence-corrected chi connectivity index (χ4v) is 5.21. The summed E-state index contributed by atoms with van der Waals surface area (Å²) in [4.78, 5) is 63.5. The second-order valence-corrected chi connectivity index (χ2v) is 10.5. The van der Waals surface area contributed by atoms with Crippen LogP contribution in [0.3, 0.4) is 0 Å². The zero-order chi connectivity index (χ0) is 33.1. The van der Waals surface area contributed by atoms with Gasteiger partial charge in [-0.2, -0.15) is 0 Å². The van der Waals surface area contributed by atoms with Crippen molar-refractivity contribution in [1.82, 2.24) is 4.90 Å². The van der Waals surface area contributed by atoms with Crippen LogP contribution in [0.5, 0.6) is 5.75 Å². The monoisotopic (exact) mass is 624 g/mol. The molecule has 0 bridgehead atoms. The number of carbonyl (C=O) groups excluding carboxylic acids is 1. The molecule has 1 heterocycles. The standard InChI is InChI=1S/C34H28N2O10/c1-35(20-3-6-22(37)7-4-20)21-5-10-25-28(17-21)46-29-18-23(38)8-11-26(29)32(25)24-9-2-19(16-27(24)34(44)45)33(43)36(14-12-30(39)40)15-13-31(41)42/h2-11,16-18,37H,12-15H2,1H3,(H,39,40)(H,41,42)(H,44,45). The van der Waals surface area contributed by atoms with Crippen molar-refractivity contribution in [2.45, 2.75) is 12.8 Å². The minimum absolute atomic E-state index is 0.0641. The molecule has 12 heteroatoms. The SMILES string of the molecule is CN(c1ccc(O)cc1)c1ccc2c(-c3ccc(C(=O)N(CCC(=O)O)CCC(=O)O)cc3C(=O)O)c3ccc(=O)cc-3oc2c1. The Morgan fingerprint density at radius 1 is 0.739 bits per heavy atom. The number of carboxylic acid groups (broad SMARTS) is 3. The predicted molar refractivity (Wildman–Crippen MR) is 168 cm³/mol. The Morgan fingerprint density at radius 2 is 1.37 bits per heavy atom. The van der Waals surface area contributed by atoms with E-state index in [1.165, 1.54) is 36.4 Å². The number of benzene rings is 4. The molecule has 0 fully saturated rings. The van der Waals surface area contributed by atoms with Crippen LogP contribution >= 0.6 is 0 Å². The number of anilines is 2. The van der Waals surface area contributed by atoms with Gasteiger partial charge in [0.2, 0.25) is 0 Å². The number of hydrogen-bond donors (Lipinski definition) is 4. The van der Waals surface area contributed by atoms with E-state index in [0.717, 1.165) is 10.6 Å². The van der Waals surface area contributed by atoms with Crippen LogP contribution in [0, 0.1) is 0 Å². The fraction of sp³-hybridized carbons (Fsp3) is 0.147. The zero-order valence-corrected chi connectivity index (χ0v) is 24.5. The van der Waals surface area contributed by atoms with Gasteiger partial charge in [0.15, 0.2) is 5.43 Å². The third kappa shape index (κ3) is 6.50. The van der Waals surface area contributed by atoms with E-state index in [9.17, 15) is 34.2 Å². The number of nitrogens with zero attached hydrogens (tertiary/aromatic N) is 2. The maximum Gasteiger partial charge on any atom is 0.336 e. The van der Waals surface area contributed by atoms with Gasteiger partial charge in [0.1, 0.15) is 17.1 Å². The van der Waals surface area contributed by atoms with E-state index in [-0.39, 0.29) is 46.7 Å². The summed E-state index contributed by atoms with van der Waals surface area (Å²) in [6.45, 7) is -0.529. The maximum absolute atomic E-state index is 13.4. The van der Waals surface area contributed by atoms with Crippen LogP contribution in [0.4, 0.5) is 11.4 Å². The van der Waals surface area contributed by atoms with Crippen molar-refractivity contribution < 1.29 is 44.0 Å². The molecule has 1 aliphatic carbocycles. The molecular formula is C34H28N2O10. The van der Waals surface area contributed by atoms with Gasteiger partial charge in [0.05, 0.1) is 18.4 Å². The number of aliphatic carboxylic acids is 2. The largest absolute Gasteiger partial charge is 0.508 e. The molecule has 0 aromatic heterocycles. The first-order chi connectivity index (χ1) is 21.9. The molecule has 46 heavy (non-hydrogen) atoms. The second kappa shape index (κ2) is 12.8. The molecule has 12 nitrogen and oxygen atoms in total. The Kier molecular flexibility index (Phi) is 8.71. The average molecular weight is 625 g/mol. The molecule has 3 aromatic carbocycles. The molecule has 1 aliphatic heterocycles. The van der Waals surface area contributed by atoms with Crippen molar-refractivity contribution in [1.29, 1.82) is 0 Å².